The maximum Gasteiger partial charge on any atom is 0.126 e. The van der Waals surface area contributed by atoms with E-state index in [1.54, 1.807) is 20.4 Å². The van der Waals surface area contributed by atoms with Crippen LogP contribution in [0.1, 0.15) is 18.6 Å². The van der Waals surface area contributed by atoms with Gasteiger partial charge in [-0.15, -0.1) is 0 Å². The van der Waals surface area contributed by atoms with Crippen molar-refractivity contribution >= 4 is 11.0 Å². The Morgan fingerprint density at radius 3 is 2.70 bits per heavy atom. The summed E-state index contributed by atoms with van der Waals surface area (Å²) in [5.74, 6) is 0.676. The SMILES string of the molecule is COc1cccc(-n2cnc3ccccc32)c1[C@@H](C)O. The molecular formula is C16H16N2O2. The number of nitrogens with zero attached hydrogens (tertiary/aromatic N) is 2. The average molecular weight is 268 g/mol. The molecule has 3 rings (SSSR count). The lowest BCUT2D eigenvalue weighted by Gasteiger charge is -2.17. The van der Waals surface area contributed by atoms with Crippen LogP contribution in [0, 0.1) is 0 Å². The zero-order valence-corrected chi connectivity index (χ0v) is 11.4. The third-order valence-electron chi connectivity index (χ3n) is 3.39. The van der Waals surface area contributed by atoms with Gasteiger partial charge >= 0.3 is 0 Å². The lowest BCUT2D eigenvalue weighted by atomic mass is 10.1. The summed E-state index contributed by atoms with van der Waals surface area (Å²) in [6.07, 6.45) is 1.15. The van der Waals surface area contributed by atoms with E-state index < -0.39 is 6.10 Å². The summed E-state index contributed by atoms with van der Waals surface area (Å²) in [5.41, 5.74) is 3.57. The smallest absolute Gasteiger partial charge is 0.126 e. The Morgan fingerprint density at radius 2 is 1.95 bits per heavy atom. The summed E-state index contributed by atoms with van der Waals surface area (Å²) in [5, 5.41) is 10.1. The van der Waals surface area contributed by atoms with Crippen LogP contribution < -0.4 is 4.74 Å². The fraction of sp³-hybridized carbons (Fsp3) is 0.188. The van der Waals surface area contributed by atoms with Crippen LogP contribution in [-0.4, -0.2) is 21.8 Å². The molecule has 3 aromatic rings. The minimum atomic E-state index is -0.623. The van der Waals surface area contributed by atoms with E-state index in [0.29, 0.717) is 5.75 Å². The third kappa shape index (κ3) is 1.94. The van der Waals surface area contributed by atoms with Gasteiger partial charge in [-0.25, -0.2) is 4.98 Å². The van der Waals surface area contributed by atoms with Gasteiger partial charge in [0.25, 0.3) is 0 Å². The highest BCUT2D eigenvalue weighted by Gasteiger charge is 2.16. The predicted molar refractivity (Wildman–Crippen MR) is 78.3 cm³/mol. The molecule has 0 amide bonds. The Balaban J connectivity index is 2.29. The maximum atomic E-state index is 10.1. The van der Waals surface area contributed by atoms with Gasteiger partial charge in [0.1, 0.15) is 12.1 Å². The van der Waals surface area contributed by atoms with Crippen LogP contribution in [0.25, 0.3) is 16.7 Å². The van der Waals surface area contributed by atoms with E-state index in [2.05, 4.69) is 4.98 Å². The van der Waals surface area contributed by atoms with Crippen LogP contribution in [0.2, 0.25) is 0 Å². The average Bonchev–Trinajstić information content (AvgIpc) is 2.90. The standard InChI is InChI=1S/C16H16N2O2/c1-11(19)16-14(8-5-9-15(16)20-2)18-10-17-12-6-3-4-7-13(12)18/h3-11,19H,1-2H3/t11-/m1/s1. The van der Waals surface area contributed by atoms with Crippen molar-refractivity contribution in [2.24, 2.45) is 0 Å². The number of hydrogen-bond donors (Lipinski definition) is 1. The molecule has 0 aliphatic carbocycles. The number of ether oxygens (including phenoxy) is 1. The number of rotatable bonds is 3. The first-order valence-electron chi connectivity index (χ1n) is 6.50. The van der Waals surface area contributed by atoms with Gasteiger partial charge < -0.3 is 9.84 Å². The molecule has 0 spiro atoms. The predicted octanol–water partition coefficient (Wildman–Crippen LogP) is 3.09. The van der Waals surface area contributed by atoms with Crippen LogP contribution in [0.15, 0.2) is 48.8 Å². The number of fused-ring (bicyclic) bond motifs is 1. The normalized spacial score (nSPS) is 12.6. The Morgan fingerprint density at radius 1 is 1.15 bits per heavy atom. The van der Waals surface area contributed by atoms with E-state index in [9.17, 15) is 5.11 Å². The van der Waals surface area contributed by atoms with Crippen molar-refractivity contribution in [1.29, 1.82) is 0 Å². The summed E-state index contributed by atoms with van der Waals surface area (Å²) in [4.78, 5) is 4.39. The molecule has 4 nitrogen and oxygen atoms in total. The molecule has 2 aromatic carbocycles. The Bertz CT molecular complexity index is 747. The number of hydrogen-bond acceptors (Lipinski definition) is 3. The molecule has 20 heavy (non-hydrogen) atoms. The lowest BCUT2D eigenvalue weighted by Crippen LogP contribution is -2.04. The Labute approximate surface area is 117 Å². The molecule has 1 heterocycles. The molecule has 0 bridgehead atoms. The fourth-order valence-electron chi connectivity index (χ4n) is 2.49. The highest BCUT2D eigenvalue weighted by molar-refractivity contribution is 5.77. The summed E-state index contributed by atoms with van der Waals surface area (Å²) in [7, 11) is 1.61. The molecule has 0 radical (unpaired) electrons. The molecular weight excluding hydrogens is 252 g/mol. The van der Waals surface area contributed by atoms with Crippen LogP contribution in [-0.2, 0) is 0 Å². The summed E-state index contributed by atoms with van der Waals surface area (Å²) in [6.45, 7) is 1.74. The van der Waals surface area contributed by atoms with Crippen LogP contribution in [0.4, 0.5) is 0 Å². The first-order chi connectivity index (χ1) is 9.72. The second-order valence-corrected chi connectivity index (χ2v) is 4.67. The number of aliphatic hydroxyl groups is 1. The highest BCUT2D eigenvalue weighted by atomic mass is 16.5. The number of aliphatic hydroxyl groups excluding tert-OH is 1. The van der Waals surface area contributed by atoms with Gasteiger partial charge in [-0.05, 0) is 31.2 Å². The largest absolute Gasteiger partial charge is 0.496 e. The minimum Gasteiger partial charge on any atom is -0.496 e. The van der Waals surface area contributed by atoms with Crippen LogP contribution >= 0.6 is 0 Å². The lowest BCUT2D eigenvalue weighted by molar-refractivity contribution is 0.194. The van der Waals surface area contributed by atoms with E-state index in [1.807, 2.05) is 47.0 Å². The maximum absolute atomic E-state index is 10.1. The Hall–Kier alpha value is -2.33. The zero-order valence-electron chi connectivity index (χ0n) is 11.4. The summed E-state index contributed by atoms with van der Waals surface area (Å²) < 4.78 is 7.34. The van der Waals surface area contributed by atoms with E-state index in [4.69, 9.17) is 4.74 Å². The highest BCUT2D eigenvalue weighted by Crippen LogP contribution is 2.32. The van der Waals surface area contributed by atoms with E-state index in [1.165, 1.54) is 0 Å². The van der Waals surface area contributed by atoms with Crippen LogP contribution in [0.3, 0.4) is 0 Å². The quantitative estimate of drug-likeness (QED) is 0.794. The molecule has 1 N–H and O–H groups in total. The van der Waals surface area contributed by atoms with E-state index in [0.717, 1.165) is 22.3 Å². The first kappa shape index (κ1) is 12.7. The number of aromatic nitrogens is 2. The van der Waals surface area contributed by atoms with Crippen molar-refractivity contribution in [1.82, 2.24) is 9.55 Å². The molecule has 0 unspecified atom stereocenters. The summed E-state index contributed by atoms with van der Waals surface area (Å²) >= 11 is 0. The number of imidazole rings is 1. The van der Waals surface area contributed by atoms with Crippen LogP contribution in [0.5, 0.6) is 5.75 Å². The van der Waals surface area contributed by atoms with Crippen molar-refractivity contribution in [3.05, 3.63) is 54.4 Å². The number of para-hydroxylation sites is 2. The molecule has 0 saturated heterocycles. The zero-order chi connectivity index (χ0) is 14.1. The van der Waals surface area contributed by atoms with Gasteiger partial charge in [0.15, 0.2) is 0 Å². The second-order valence-electron chi connectivity index (χ2n) is 4.67. The molecule has 0 aliphatic rings. The number of methoxy groups -OCH3 is 1. The monoisotopic (exact) mass is 268 g/mol. The van der Waals surface area contributed by atoms with Gasteiger partial charge in [-0.2, -0.15) is 0 Å². The van der Waals surface area contributed by atoms with Crippen molar-refractivity contribution in [3.8, 4) is 11.4 Å². The molecule has 4 heteroatoms. The van der Waals surface area contributed by atoms with Gasteiger partial charge in [0, 0.05) is 5.56 Å². The second kappa shape index (κ2) is 4.98. The molecule has 1 atom stereocenters. The molecule has 1 aromatic heterocycles. The fourth-order valence-corrected chi connectivity index (χ4v) is 2.49. The van der Waals surface area contributed by atoms with Gasteiger partial charge in [-0.1, -0.05) is 18.2 Å². The van der Waals surface area contributed by atoms with Gasteiger partial charge in [-0.3, -0.25) is 4.57 Å². The molecule has 0 aliphatic heterocycles. The van der Waals surface area contributed by atoms with Crippen molar-refractivity contribution in [3.63, 3.8) is 0 Å². The first-order valence-corrected chi connectivity index (χ1v) is 6.50. The minimum absolute atomic E-state index is 0.623. The van der Waals surface area contributed by atoms with Gasteiger partial charge in [0.2, 0.25) is 0 Å². The molecule has 0 saturated carbocycles. The number of benzene rings is 2. The Kier molecular flexibility index (Phi) is 3.16. The summed E-state index contributed by atoms with van der Waals surface area (Å²) in [6, 6.07) is 13.6. The van der Waals surface area contributed by atoms with E-state index in [-0.39, 0.29) is 0 Å². The van der Waals surface area contributed by atoms with Crippen molar-refractivity contribution < 1.29 is 9.84 Å². The molecule has 102 valence electrons. The van der Waals surface area contributed by atoms with Gasteiger partial charge in [0.05, 0.1) is 29.9 Å². The third-order valence-corrected chi connectivity index (χ3v) is 3.39. The van der Waals surface area contributed by atoms with E-state index >= 15 is 0 Å². The molecule has 0 fully saturated rings. The van der Waals surface area contributed by atoms with Crippen molar-refractivity contribution in [2.75, 3.05) is 7.11 Å². The topological polar surface area (TPSA) is 47.3 Å². The van der Waals surface area contributed by atoms with Crippen molar-refractivity contribution in [2.45, 2.75) is 13.0 Å².